The smallest absolute Gasteiger partial charge is 0.407 e. The second-order valence-corrected chi connectivity index (χ2v) is 11.5. The molecule has 5 atom stereocenters. The summed E-state index contributed by atoms with van der Waals surface area (Å²) in [6.07, 6.45) is 13.7. The predicted octanol–water partition coefficient (Wildman–Crippen LogP) is 6.75. The summed E-state index contributed by atoms with van der Waals surface area (Å²) in [6, 6.07) is 9.33. The third-order valence-corrected chi connectivity index (χ3v) is 7.60. The summed E-state index contributed by atoms with van der Waals surface area (Å²) in [7, 11) is 0. The Morgan fingerprint density at radius 3 is 2.23 bits per heavy atom. The normalized spacial score (nSPS) is 20.7. The molecule has 5 unspecified atom stereocenters. The summed E-state index contributed by atoms with van der Waals surface area (Å²) < 4.78 is 34.7. The van der Waals surface area contributed by atoms with Crippen LogP contribution in [-0.4, -0.2) is 63.9 Å². The van der Waals surface area contributed by atoms with Gasteiger partial charge in [-0.05, 0) is 68.0 Å². The summed E-state index contributed by atoms with van der Waals surface area (Å²) in [6.45, 7) is 20.9. The van der Waals surface area contributed by atoms with Gasteiger partial charge < -0.3 is 39.1 Å². The van der Waals surface area contributed by atoms with Crippen LogP contribution in [0.15, 0.2) is 117 Å². The van der Waals surface area contributed by atoms with E-state index in [2.05, 4.69) is 55.4 Å². The van der Waals surface area contributed by atoms with E-state index < -0.39 is 18.3 Å². The molecule has 9 heteroatoms. The quantitative estimate of drug-likeness (QED) is 0.0803. The molecule has 0 aliphatic heterocycles. The predicted molar refractivity (Wildman–Crippen MR) is 189 cm³/mol. The number of ether oxygens (including phenoxy) is 6. The van der Waals surface area contributed by atoms with E-state index in [1.165, 1.54) is 6.08 Å². The number of amides is 1. The first-order chi connectivity index (χ1) is 23.3. The third kappa shape index (κ3) is 15.7. The van der Waals surface area contributed by atoms with E-state index in [4.69, 9.17) is 28.4 Å². The molecule has 0 heterocycles. The van der Waals surface area contributed by atoms with Crippen molar-refractivity contribution in [1.29, 1.82) is 0 Å². The fourth-order valence-corrected chi connectivity index (χ4v) is 5.04. The zero-order valence-electron chi connectivity index (χ0n) is 27.9. The maximum atomic E-state index is 12.7. The lowest BCUT2D eigenvalue weighted by molar-refractivity contribution is -0.0288. The van der Waals surface area contributed by atoms with E-state index in [-0.39, 0.29) is 32.5 Å². The summed E-state index contributed by atoms with van der Waals surface area (Å²) in [5.41, 5.74) is 0. The topological polar surface area (TPSA) is 96.5 Å². The van der Waals surface area contributed by atoms with Gasteiger partial charge in [0.15, 0.2) is 18.1 Å². The number of rotatable bonds is 22. The van der Waals surface area contributed by atoms with Gasteiger partial charge in [-0.3, -0.25) is 0 Å². The van der Waals surface area contributed by atoms with Crippen LogP contribution in [0.5, 0.6) is 5.75 Å². The number of hydrogen-bond acceptors (Lipinski definition) is 8. The molecule has 2 aliphatic rings. The van der Waals surface area contributed by atoms with Crippen molar-refractivity contribution < 1.29 is 33.2 Å². The average Bonchev–Trinajstić information content (AvgIpc) is 3.09. The van der Waals surface area contributed by atoms with E-state index in [1.54, 1.807) is 6.08 Å². The van der Waals surface area contributed by atoms with Crippen molar-refractivity contribution >= 4 is 6.09 Å². The van der Waals surface area contributed by atoms with Gasteiger partial charge in [0.1, 0.15) is 43.2 Å². The highest BCUT2D eigenvalue weighted by atomic mass is 16.6. The fraction of sp³-hybridized carbons (Fsp3) is 0.410. The number of carbonyl (C=O) groups excluding carboxylic acids is 1. The molecule has 1 saturated carbocycles. The van der Waals surface area contributed by atoms with Crippen LogP contribution >= 0.6 is 0 Å². The number of para-hydroxylation sites is 1. The molecule has 1 fully saturated rings. The Morgan fingerprint density at radius 2 is 1.54 bits per heavy atom. The second kappa shape index (κ2) is 21.9. The number of carbonyl (C=O) groups is 1. The first kappa shape index (κ1) is 37.6. The van der Waals surface area contributed by atoms with Crippen molar-refractivity contribution in [3.63, 3.8) is 0 Å². The van der Waals surface area contributed by atoms with E-state index in [9.17, 15) is 4.79 Å². The summed E-state index contributed by atoms with van der Waals surface area (Å²) in [4.78, 5) is 12.7. The van der Waals surface area contributed by atoms with Crippen LogP contribution < -0.4 is 15.4 Å². The van der Waals surface area contributed by atoms with Crippen molar-refractivity contribution in [3.05, 3.63) is 117 Å². The van der Waals surface area contributed by atoms with Crippen molar-refractivity contribution in [1.82, 2.24) is 10.6 Å². The van der Waals surface area contributed by atoms with Crippen molar-refractivity contribution in [2.75, 3.05) is 39.5 Å². The van der Waals surface area contributed by atoms with Crippen molar-refractivity contribution in [3.8, 4) is 17.6 Å². The molecule has 3 rings (SSSR count). The highest BCUT2D eigenvalue weighted by Gasteiger charge is 2.24. The van der Waals surface area contributed by atoms with Gasteiger partial charge in [-0.15, -0.1) is 0 Å². The van der Waals surface area contributed by atoms with Crippen molar-refractivity contribution in [2.24, 2.45) is 11.8 Å². The Morgan fingerprint density at radius 1 is 0.875 bits per heavy atom. The highest BCUT2D eigenvalue weighted by Crippen LogP contribution is 2.28. The first-order valence-corrected chi connectivity index (χ1v) is 16.4. The zero-order valence-corrected chi connectivity index (χ0v) is 27.9. The third-order valence-electron chi connectivity index (χ3n) is 7.60. The summed E-state index contributed by atoms with van der Waals surface area (Å²) in [5, 5.41) is 6.27. The van der Waals surface area contributed by atoms with Gasteiger partial charge in [-0.25, -0.2) is 4.79 Å². The minimum atomic E-state index is -0.635. The lowest BCUT2D eigenvalue weighted by atomic mass is 9.81. The van der Waals surface area contributed by atoms with Gasteiger partial charge in [-0.2, -0.15) is 0 Å². The standard InChI is InChI=1S/C39H50N2O7/c1-6-30(3)43-26-37(28-45-35-19-12-9-8-10-13-20-35)47-32(5)40-24-33-17-16-18-34(23-33)25-41-39(42)48-38(27-44-31(4)7-2)29-46-36-21-14-11-15-22-36/h6-9,11-12,14-15,19,21-22,33-35,37-38,40H,1-5,10,16-18,23-29H2,(H,41,42)/b9-8-,19-12-. The Balaban J connectivity index is 1.42. The number of nitrogens with one attached hydrogen (secondary N) is 2. The number of allylic oxidation sites excluding steroid dienone is 5. The van der Waals surface area contributed by atoms with Gasteiger partial charge in [0.05, 0.1) is 6.61 Å². The maximum absolute atomic E-state index is 12.7. The molecule has 1 aromatic rings. The SMILES string of the molecule is C=CC(=C)OCC(COC1C#CC/C=C\C=C/1)OC(=C)NCC1CCCC(CNC(=O)OC(COC(=C)C=C)COc2ccccc2)C1. The monoisotopic (exact) mass is 658 g/mol. The van der Waals surface area contributed by atoms with E-state index in [0.29, 0.717) is 54.5 Å². The minimum Gasteiger partial charge on any atom is -0.490 e. The second-order valence-electron chi connectivity index (χ2n) is 11.5. The highest BCUT2D eigenvalue weighted by molar-refractivity contribution is 5.67. The van der Waals surface area contributed by atoms with E-state index in [1.807, 2.05) is 54.6 Å². The molecule has 0 spiro atoms. The van der Waals surface area contributed by atoms with Crippen LogP contribution in [0.25, 0.3) is 0 Å². The number of alkyl carbamates (subject to hydrolysis) is 1. The first-order valence-electron chi connectivity index (χ1n) is 16.4. The maximum Gasteiger partial charge on any atom is 0.407 e. The van der Waals surface area contributed by atoms with Gasteiger partial charge in [-0.1, -0.05) is 81.0 Å². The van der Waals surface area contributed by atoms with Crippen LogP contribution in [0.4, 0.5) is 4.79 Å². The number of benzene rings is 1. The average molecular weight is 659 g/mol. The van der Waals surface area contributed by atoms with Crippen LogP contribution in [-0.2, 0) is 23.7 Å². The minimum absolute atomic E-state index is 0.0969. The van der Waals surface area contributed by atoms with Gasteiger partial charge in [0.25, 0.3) is 0 Å². The lowest BCUT2D eigenvalue weighted by Gasteiger charge is -2.30. The van der Waals surface area contributed by atoms with E-state index >= 15 is 0 Å². The molecule has 258 valence electrons. The molecule has 0 bridgehead atoms. The van der Waals surface area contributed by atoms with E-state index in [0.717, 1.165) is 25.7 Å². The molecule has 2 N–H and O–H groups in total. The summed E-state index contributed by atoms with van der Waals surface area (Å²) in [5.74, 6) is 8.84. The van der Waals surface area contributed by atoms with Crippen LogP contribution in [0.1, 0.15) is 32.1 Å². The number of hydrogen-bond donors (Lipinski definition) is 2. The van der Waals surface area contributed by atoms with Gasteiger partial charge in [0.2, 0.25) is 0 Å². The summed E-state index contributed by atoms with van der Waals surface area (Å²) >= 11 is 0. The molecule has 0 aromatic heterocycles. The molecule has 2 aliphatic carbocycles. The Hall–Kier alpha value is -4.81. The van der Waals surface area contributed by atoms with Gasteiger partial charge >= 0.3 is 6.09 Å². The molecule has 0 radical (unpaired) electrons. The Bertz CT molecular complexity index is 1330. The van der Waals surface area contributed by atoms with Crippen LogP contribution in [0.2, 0.25) is 0 Å². The Labute approximate surface area is 286 Å². The fourth-order valence-electron chi connectivity index (χ4n) is 5.04. The molecular formula is C39H50N2O7. The van der Waals surface area contributed by atoms with Crippen LogP contribution in [0.3, 0.4) is 0 Å². The lowest BCUT2D eigenvalue weighted by Crippen LogP contribution is -2.38. The molecule has 48 heavy (non-hydrogen) atoms. The molecular weight excluding hydrogens is 608 g/mol. The molecule has 0 saturated heterocycles. The molecule has 9 nitrogen and oxygen atoms in total. The van der Waals surface area contributed by atoms with Crippen molar-refractivity contribution in [2.45, 2.75) is 50.4 Å². The Kier molecular flexibility index (Phi) is 17.2. The van der Waals surface area contributed by atoms with Crippen LogP contribution in [0, 0.1) is 23.7 Å². The zero-order chi connectivity index (χ0) is 34.4. The largest absolute Gasteiger partial charge is 0.490 e. The molecule has 1 aromatic carbocycles. The molecule has 1 amide bonds. The van der Waals surface area contributed by atoms with Gasteiger partial charge in [0, 0.05) is 19.5 Å².